The Balaban J connectivity index is 1.64. The molecule has 0 aliphatic carbocycles. The van der Waals surface area contributed by atoms with Crippen LogP contribution in [0.4, 0.5) is 0 Å². The molecule has 2 aliphatic heterocycles. The maximum Gasteiger partial charge on any atom is 0.308 e. The minimum atomic E-state index is -0.894. The molecule has 1 aromatic heterocycles. The van der Waals surface area contributed by atoms with Gasteiger partial charge in [-0.1, -0.05) is 6.92 Å². The lowest BCUT2D eigenvalue weighted by Crippen LogP contribution is -2.45. The number of aromatic nitrogens is 2. The summed E-state index contributed by atoms with van der Waals surface area (Å²) < 4.78 is 18.5. The molecule has 0 radical (unpaired) electrons. The second kappa shape index (κ2) is 11.6. The van der Waals surface area contributed by atoms with Crippen molar-refractivity contribution in [3.8, 4) is 17.2 Å². The van der Waals surface area contributed by atoms with E-state index in [1.165, 1.54) is 0 Å². The number of aliphatic carboxylic acids is 1. The quantitative estimate of drug-likeness (QED) is 0.442. The van der Waals surface area contributed by atoms with Crippen molar-refractivity contribution >= 4 is 11.9 Å². The van der Waals surface area contributed by atoms with Crippen LogP contribution in [-0.2, 0) is 16.1 Å². The first-order valence-corrected chi connectivity index (χ1v) is 12.3. The van der Waals surface area contributed by atoms with Crippen molar-refractivity contribution in [3.63, 3.8) is 0 Å². The van der Waals surface area contributed by atoms with Crippen molar-refractivity contribution in [2.75, 3.05) is 46.6 Å². The highest BCUT2D eigenvalue weighted by Crippen LogP contribution is 2.47. The second-order valence-electron chi connectivity index (χ2n) is 9.18. The maximum absolute atomic E-state index is 13.2. The van der Waals surface area contributed by atoms with Gasteiger partial charge in [-0.2, -0.15) is 0 Å². The molecule has 11 heteroatoms. The van der Waals surface area contributed by atoms with Crippen LogP contribution in [0.15, 0.2) is 30.9 Å². The van der Waals surface area contributed by atoms with Gasteiger partial charge >= 0.3 is 5.97 Å². The number of nitrogens with two attached hydrogens (primary N) is 1. The largest absolute Gasteiger partial charge is 0.493 e. The van der Waals surface area contributed by atoms with Gasteiger partial charge in [-0.15, -0.1) is 0 Å². The van der Waals surface area contributed by atoms with Crippen molar-refractivity contribution in [1.82, 2.24) is 19.4 Å². The fourth-order valence-electron chi connectivity index (χ4n) is 5.32. The van der Waals surface area contributed by atoms with Gasteiger partial charge < -0.3 is 34.5 Å². The number of hydrogen-bond donors (Lipinski definition) is 2. The van der Waals surface area contributed by atoms with E-state index in [-0.39, 0.29) is 31.2 Å². The summed E-state index contributed by atoms with van der Waals surface area (Å²) in [7, 11) is 1.54. The zero-order valence-corrected chi connectivity index (χ0v) is 20.8. The predicted octanol–water partition coefficient (Wildman–Crippen LogP) is 1.38. The third-order valence-electron chi connectivity index (χ3n) is 6.97. The van der Waals surface area contributed by atoms with Crippen LogP contribution in [0.25, 0.3) is 0 Å². The lowest BCUT2D eigenvalue weighted by molar-refractivity contribution is -0.143. The molecule has 0 spiro atoms. The van der Waals surface area contributed by atoms with Gasteiger partial charge in [0.05, 0.1) is 25.9 Å². The molecule has 0 saturated carbocycles. The van der Waals surface area contributed by atoms with E-state index in [1.54, 1.807) is 24.5 Å². The van der Waals surface area contributed by atoms with Crippen LogP contribution in [0.1, 0.15) is 31.2 Å². The average molecular weight is 502 g/mol. The molecule has 3 heterocycles. The number of hydrogen-bond acceptors (Lipinski definition) is 8. The number of carboxylic acids is 1. The van der Waals surface area contributed by atoms with Crippen LogP contribution < -0.4 is 19.9 Å². The van der Waals surface area contributed by atoms with E-state index >= 15 is 0 Å². The molecule has 1 saturated heterocycles. The minimum absolute atomic E-state index is 0.0389. The minimum Gasteiger partial charge on any atom is -0.493 e. The molecule has 0 bridgehead atoms. The van der Waals surface area contributed by atoms with Crippen molar-refractivity contribution in [1.29, 1.82) is 0 Å². The number of carbonyl (C=O) groups excluding carboxylic acids is 1. The van der Waals surface area contributed by atoms with Crippen molar-refractivity contribution in [2.24, 2.45) is 11.7 Å². The van der Waals surface area contributed by atoms with Crippen LogP contribution in [-0.4, -0.2) is 89.0 Å². The zero-order valence-electron chi connectivity index (χ0n) is 20.8. The highest BCUT2D eigenvalue weighted by Gasteiger charge is 2.47. The predicted molar refractivity (Wildman–Crippen MR) is 131 cm³/mol. The van der Waals surface area contributed by atoms with Gasteiger partial charge in [-0.3, -0.25) is 14.5 Å². The molecule has 2 aliphatic rings. The number of carbonyl (C=O) groups is 2. The van der Waals surface area contributed by atoms with Crippen molar-refractivity contribution in [2.45, 2.75) is 38.3 Å². The van der Waals surface area contributed by atoms with Crippen LogP contribution in [0.2, 0.25) is 0 Å². The summed E-state index contributed by atoms with van der Waals surface area (Å²) in [5.74, 6) is -0.453. The molecule has 0 unspecified atom stereocenters. The second-order valence-corrected chi connectivity index (χ2v) is 9.18. The number of nitrogens with zero attached hydrogens (tertiary/aromatic N) is 4. The van der Waals surface area contributed by atoms with E-state index in [0.29, 0.717) is 56.4 Å². The monoisotopic (exact) mass is 501 g/mol. The molecular weight excluding hydrogens is 466 g/mol. The summed E-state index contributed by atoms with van der Waals surface area (Å²) in [5.41, 5.74) is 6.53. The smallest absolute Gasteiger partial charge is 0.308 e. The molecule has 1 fully saturated rings. The number of fused-ring (bicyclic) bond motifs is 1. The molecule has 1 aromatic carbocycles. The summed E-state index contributed by atoms with van der Waals surface area (Å²) in [6.45, 7) is 4.74. The van der Waals surface area contributed by atoms with Crippen LogP contribution in [0, 0.1) is 5.92 Å². The highest BCUT2D eigenvalue weighted by molar-refractivity contribution is 5.79. The maximum atomic E-state index is 13.2. The number of amides is 1. The van der Waals surface area contributed by atoms with Crippen molar-refractivity contribution in [3.05, 3.63) is 36.4 Å². The topological polar surface area (TPSA) is 132 Å². The van der Waals surface area contributed by atoms with Crippen LogP contribution in [0.3, 0.4) is 0 Å². The van der Waals surface area contributed by atoms with E-state index < -0.39 is 11.9 Å². The van der Waals surface area contributed by atoms with Gasteiger partial charge in [0.25, 0.3) is 0 Å². The molecule has 2 aromatic rings. The van der Waals surface area contributed by atoms with Gasteiger partial charge in [0.1, 0.15) is 0 Å². The van der Waals surface area contributed by atoms with E-state index in [1.807, 2.05) is 34.7 Å². The van der Waals surface area contributed by atoms with Crippen LogP contribution >= 0.6 is 0 Å². The first-order valence-electron chi connectivity index (χ1n) is 12.3. The Morgan fingerprint density at radius 1 is 1.31 bits per heavy atom. The Morgan fingerprint density at radius 2 is 2.14 bits per heavy atom. The number of rotatable bonds is 12. The number of ether oxygens (including phenoxy) is 3. The normalized spacial score (nSPS) is 21.0. The average Bonchev–Trinajstić information content (AvgIpc) is 3.61. The van der Waals surface area contributed by atoms with Gasteiger partial charge in [0.2, 0.25) is 18.4 Å². The Kier molecular flexibility index (Phi) is 8.32. The van der Waals surface area contributed by atoms with E-state index in [2.05, 4.69) is 4.98 Å². The summed E-state index contributed by atoms with van der Waals surface area (Å²) in [4.78, 5) is 33.8. The number of carboxylic acid groups (broad SMARTS) is 1. The first kappa shape index (κ1) is 25.8. The molecule has 11 nitrogen and oxygen atoms in total. The molecule has 4 rings (SSSR count). The molecule has 3 N–H and O–H groups in total. The SMILES string of the molecule is CCCN(CCN)C(=O)CN1C[C@H](c2cc(OC)c3c(c2)OCO3)[C@@H](C(=O)O)[C@@H]1CCn1ccnc1. The van der Waals surface area contributed by atoms with E-state index in [4.69, 9.17) is 19.9 Å². The van der Waals surface area contributed by atoms with Gasteiger partial charge in [0, 0.05) is 57.1 Å². The van der Waals surface area contributed by atoms with E-state index in [0.717, 1.165) is 12.0 Å². The molecule has 196 valence electrons. The van der Waals surface area contributed by atoms with Gasteiger partial charge in [-0.25, -0.2) is 4.98 Å². The summed E-state index contributed by atoms with van der Waals surface area (Å²) in [6, 6.07) is 3.31. The fourth-order valence-corrected chi connectivity index (χ4v) is 5.32. The number of benzene rings is 1. The third kappa shape index (κ3) is 5.41. The van der Waals surface area contributed by atoms with E-state index in [9.17, 15) is 14.7 Å². The third-order valence-corrected chi connectivity index (χ3v) is 6.97. The Morgan fingerprint density at radius 3 is 2.81 bits per heavy atom. The molecule has 3 atom stereocenters. The lowest BCUT2D eigenvalue weighted by Gasteiger charge is -2.29. The Bertz CT molecular complexity index is 1040. The van der Waals surface area contributed by atoms with Gasteiger partial charge in [-0.05, 0) is 30.5 Å². The lowest BCUT2D eigenvalue weighted by atomic mass is 9.84. The van der Waals surface area contributed by atoms with Gasteiger partial charge in [0.15, 0.2) is 11.5 Å². The number of methoxy groups -OCH3 is 1. The first-order chi connectivity index (χ1) is 17.5. The fraction of sp³-hybridized carbons (Fsp3) is 0.560. The van der Waals surface area contributed by atoms with Crippen molar-refractivity contribution < 1.29 is 28.9 Å². The number of imidazole rings is 1. The summed E-state index contributed by atoms with van der Waals surface area (Å²) >= 11 is 0. The van der Waals surface area contributed by atoms with Crippen LogP contribution in [0.5, 0.6) is 17.2 Å². The Hall–Kier alpha value is -3.31. The highest BCUT2D eigenvalue weighted by atomic mass is 16.7. The molecule has 36 heavy (non-hydrogen) atoms. The molecule has 1 amide bonds. The number of aryl methyl sites for hydroxylation is 1. The zero-order chi connectivity index (χ0) is 25.7. The Labute approximate surface area is 210 Å². The standard InChI is InChI=1S/C25H35N5O6/c1-3-7-29(9-5-26)22(31)14-30-13-18(17-11-20(34-2)24-21(12-17)35-16-36-24)23(25(32)33)19(30)4-8-28-10-6-27-15-28/h6,10-12,15,18-19,23H,3-5,7-9,13-14,16,26H2,1-2H3,(H,32,33)/t18-,19+,23-/m1/s1. The molecular formula is C25H35N5O6. The summed E-state index contributed by atoms with van der Waals surface area (Å²) in [5, 5.41) is 10.4. The summed E-state index contributed by atoms with van der Waals surface area (Å²) in [6.07, 6.45) is 6.65. The number of likely N-dealkylation sites (tertiary alicyclic amines) is 1.